The maximum absolute atomic E-state index is 8.63. The third-order valence-corrected chi connectivity index (χ3v) is 5.01. The molecule has 0 bridgehead atoms. The number of aryl methyl sites for hydroxylation is 2. The van der Waals surface area contributed by atoms with E-state index in [0.717, 1.165) is 5.75 Å². The molecule has 0 saturated heterocycles. The van der Waals surface area contributed by atoms with Crippen LogP contribution < -0.4 is 5.73 Å². The zero-order chi connectivity index (χ0) is 13.2. The SMILES string of the molecule is Cc1ccc(SCC2(CC(N)=NO)CC2)cc1C. The normalized spacial score (nSPS) is 17.8. The monoisotopic (exact) mass is 264 g/mol. The highest BCUT2D eigenvalue weighted by Gasteiger charge is 2.43. The fourth-order valence-electron chi connectivity index (χ4n) is 2.01. The molecule has 1 fully saturated rings. The van der Waals surface area contributed by atoms with Gasteiger partial charge >= 0.3 is 0 Å². The molecule has 1 saturated carbocycles. The highest BCUT2D eigenvalue weighted by Crippen LogP contribution is 2.51. The van der Waals surface area contributed by atoms with Gasteiger partial charge in [-0.25, -0.2) is 0 Å². The van der Waals surface area contributed by atoms with Crippen molar-refractivity contribution in [3.63, 3.8) is 0 Å². The minimum atomic E-state index is 0.264. The van der Waals surface area contributed by atoms with Crippen molar-refractivity contribution in [2.45, 2.75) is 38.0 Å². The van der Waals surface area contributed by atoms with Gasteiger partial charge in [0.05, 0.1) is 0 Å². The van der Waals surface area contributed by atoms with Crippen LogP contribution in [0, 0.1) is 19.3 Å². The molecule has 0 aliphatic heterocycles. The first kappa shape index (κ1) is 13.3. The lowest BCUT2D eigenvalue weighted by Crippen LogP contribution is -2.19. The molecule has 0 aromatic heterocycles. The van der Waals surface area contributed by atoms with Crippen LogP contribution in [-0.2, 0) is 0 Å². The number of amidine groups is 1. The van der Waals surface area contributed by atoms with Crippen molar-refractivity contribution in [2.24, 2.45) is 16.3 Å². The van der Waals surface area contributed by atoms with Crippen LogP contribution in [0.3, 0.4) is 0 Å². The van der Waals surface area contributed by atoms with E-state index in [4.69, 9.17) is 10.9 Å². The summed E-state index contributed by atoms with van der Waals surface area (Å²) in [5.41, 5.74) is 8.53. The van der Waals surface area contributed by atoms with Crippen LogP contribution in [0.2, 0.25) is 0 Å². The Balaban J connectivity index is 1.93. The highest BCUT2D eigenvalue weighted by molar-refractivity contribution is 7.99. The Kier molecular flexibility index (Phi) is 3.85. The summed E-state index contributed by atoms with van der Waals surface area (Å²) >= 11 is 1.87. The number of thioether (sulfide) groups is 1. The second kappa shape index (κ2) is 5.22. The standard InChI is InChI=1S/C14H20N2OS/c1-10-3-4-12(7-11(10)2)18-9-14(5-6-14)8-13(15)16-17/h3-4,7,17H,5-6,8-9H2,1-2H3,(H2,15,16). The fraction of sp³-hybridized carbons (Fsp3) is 0.500. The van der Waals surface area contributed by atoms with Crippen molar-refractivity contribution in [1.82, 2.24) is 0 Å². The van der Waals surface area contributed by atoms with Crippen molar-refractivity contribution in [3.8, 4) is 0 Å². The predicted molar refractivity (Wildman–Crippen MR) is 76.3 cm³/mol. The number of nitrogens with zero attached hydrogens (tertiary/aromatic N) is 1. The zero-order valence-electron chi connectivity index (χ0n) is 10.9. The molecule has 0 heterocycles. The number of hydrogen-bond donors (Lipinski definition) is 2. The van der Waals surface area contributed by atoms with Crippen molar-refractivity contribution in [3.05, 3.63) is 29.3 Å². The summed E-state index contributed by atoms with van der Waals surface area (Å²) in [6, 6.07) is 6.58. The van der Waals surface area contributed by atoms with Gasteiger partial charge in [0, 0.05) is 17.1 Å². The molecular weight excluding hydrogens is 244 g/mol. The van der Waals surface area contributed by atoms with Gasteiger partial charge < -0.3 is 10.9 Å². The van der Waals surface area contributed by atoms with Gasteiger partial charge in [0.2, 0.25) is 0 Å². The summed E-state index contributed by atoms with van der Waals surface area (Å²) < 4.78 is 0. The Morgan fingerprint density at radius 1 is 1.39 bits per heavy atom. The first-order chi connectivity index (χ1) is 8.54. The summed E-state index contributed by atoms with van der Waals surface area (Å²) in [5, 5.41) is 11.7. The average Bonchev–Trinajstić information content (AvgIpc) is 3.11. The van der Waals surface area contributed by atoms with Crippen molar-refractivity contribution >= 4 is 17.6 Å². The lowest BCUT2D eigenvalue weighted by atomic mass is 10.1. The van der Waals surface area contributed by atoms with Gasteiger partial charge in [-0.3, -0.25) is 0 Å². The Labute approximate surface area is 112 Å². The lowest BCUT2D eigenvalue weighted by Gasteiger charge is -2.14. The van der Waals surface area contributed by atoms with Gasteiger partial charge in [-0.15, -0.1) is 11.8 Å². The average molecular weight is 264 g/mol. The zero-order valence-corrected chi connectivity index (χ0v) is 11.8. The molecule has 1 aromatic carbocycles. The maximum atomic E-state index is 8.63. The number of oxime groups is 1. The summed E-state index contributed by atoms with van der Waals surface area (Å²) in [4.78, 5) is 1.31. The number of rotatable bonds is 5. The highest BCUT2D eigenvalue weighted by atomic mass is 32.2. The van der Waals surface area contributed by atoms with Gasteiger partial charge in [0.25, 0.3) is 0 Å². The van der Waals surface area contributed by atoms with Crippen LogP contribution >= 0.6 is 11.8 Å². The Morgan fingerprint density at radius 2 is 2.11 bits per heavy atom. The van der Waals surface area contributed by atoms with Gasteiger partial charge in [-0.1, -0.05) is 11.2 Å². The second-order valence-electron chi connectivity index (χ2n) is 5.30. The molecular formula is C14H20N2OS. The fourth-order valence-corrected chi connectivity index (χ4v) is 3.30. The van der Waals surface area contributed by atoms with Crippen molar-refractivity contribution in [2.75, 3.05) is 5.75 Å². The summed E-state index contributed by atoms with van der Waals surface area (Å²) in [7, 11) is 0. The molecule has 2 rings (SSSR count). The van der Waals surface area contributed by atoms with E-state index in [9.17, 15) is 0 Å². The summed E-state index contributed by atoms with van der Waals surface area (Å²) in [5.74, 6) is 1.40. The smallest absolute Gasteiger partial charge is 0.139 e. The minimum absolute atomic E-state index is 0.264. The molecule has 0 atom stereocenters. The van der Waals surface area contributed by atoms with Gasteiger partial charge in [0.15, 0.2) is 0 Å². The van der Waals surface area contributed by atoms with Gasteiger partial charge in [-0.2, -0.15) is 0 Å². The third-order valence-electron chi connectivity index (χ3n) is 3.67. The van der Waals surface area contributed by atoms with Gasteiger partial charge in [-0.05, 0) is 55.4 Å². The topological polar surface area (TPSA) is 58.6 Å². The van der Waals surface area contributed by atoms with Gasteiger partial charge in [0.1, 0.15) is 5.84 Å². The Morgan fingerprint density at radius 3 is 2.67 bits per heavy atom. The molecule has 3 nitrogen and oxygen atoms in total. The molecule has 3 N–H and O–H groups in total. The van der Waals surface area contributed by atoms with E-state index in [2.05, 4.69) is 37.2 Å². The molecule has 1 aromatic rings. The third kappa shape index (κ3) is 3.19. The molecule has 1 aliphatic rings. The second-order valence-corrected chi connectivity index (χ2v) is 6.35. The molecule has 0 unspecified atom stereocenters. The summed E-state index contributed by atoms with van der Waals surface area (Å²) in [6.45, 7) is 4.27. The molecule has 98 valence electrons. The maximum Gasteiger partial charge on any atom is 0.139 e. The van der Waals surface area contributed by atoms with Crippen LogP contribution in [0.1, 0.15) is 30.4 Å². The van der Waals surface area contributed by atoms with E-state index in [0.29, 0.717) is 12.3 Å². The lowest BCUT2D eigenvalue weighted by molar-refractivity contribution is 0.315. The quantitative estimate of drug-likeness (QED) is 0.282. The van der Waals surface area contributed by atoms with E-state index < -0.39 is 0 Å². The number of nitrogens with two attached hydrogens (primary N) is 1. The van der Waals surface area contributed by atoms with Crippen molar-refractivity contribution in [1.29, 1.82) is 0 Å². The predicted octanol–water partition coefficient (Wildman–Crippen LogP) is 3.31. The molecule has 1 aliphatic carbocycles. The largest absolute Gasteiger partial charge is 0.409 e. The van der Waals surface area contributed by atoms with E-state index >= 15 is 0 Å². The van der Waals surface area contributed by atoms with Crippen LogP contribution in [-0.4, -0.2) is 16.8 Å². The first-order valence-electron chi connectivity index (χ1n) is 6.21. The van der Waals surface area contributed by atoms with E-state index in [1.807, 2.05) is 11.8 Å². The molecule has 0 amide bonds. The van der Waals surface area contributed by atoms with E-state index in [-0.39, 0.29) is 5.41 Å². The van der Waals surface area contributed by atoms with E-state index in [1.54, 1.807) is 0 Å². The molecule has 18 heavy (non-hydrogen) atoms. The van der Waals surface area contributed by atoms with E-state index in [1.165, 1.54) is 28.9 Å². The Hall–Kier alpha value is -1.16. The molecule has 4 heteroatoms. The number of benzene rings is 1. The van der Waals surface area contributed by atoms with Crippen LogP contribution in [0.15, 0.2) is 28.3 Å². The minimum Gasteiger partial charge on any atom is -0.409 e. The van der Waals surface area contributed by atoms with Crippen LogP contribution in [0.4, 0.5) is 0 Å². The van der Waals surface area contributed by atoms with Crippen molar-refractivity contribution < 1.29 is 5.21 Å². The Bertz CT molecular complexity index is 467. The van der Waals surface area contributed by atoms with Crippen LogP contribution in [0.5, 0.6) is 0 Å². The molecule has 0 spiro atoms. The first-order valence-corrected chi connectivity index (χ1v) is 7.20. The van der Waals surface area contributed by atoms with Crippen LogP contribution in [0.25, 0.3) is 0 Å². The number of hydrogen-bond acceptors (Lipinski definition) is 3. The summed E-state index contributed by atoms with van der Waals surface area (Å²) in [6.07, 6.45) is 3.07. The molecule has 0 radical (unpaired) electrons.